The van der Waals surface area contributed by atoms with Gasteiger partial charge in [0, 0.05) is 25.8 Å². The molecule has 21 heavy (non-hydrogen) atoms. The number of methoxy groups -OCH3 is 1. The summed E-state index contributed by atoms with van der Waals surface area (Å²) in [6.45, 7) is 0. The minimum atomic E-state index is -0.502. The van der Waals surface area contributed by atoms with Crippen LogP contribution in [0.2, 0.25) is 0 Å². The highest BCUT2D eigenvalue weighted by Crippen LogP contribution is 2.32. The number of nitrogens with zero attached hydrogens (tertiary/aromatic N) is 4. The van der Waals surface area contributed by atoms with E-state index < -0.39 is 4.92 Å². The molecule has 0 unspecified atom stereocenters. The molecule has 0 spiro atoms. The molecule has 8 nitrogen and oxygen atoms in total. The minimum Gasteiger partial charge on any atom is -0.497 e. The van der Waals surface area contributed by atoms with Crippen LogP contribution in [0, 0.1) is 10.1 Å². The van der Waals surface area contributed by atoms with Crippen LogP contribution in [-0.4, -0.2) is 36.1 Å². The van der Waals surface area contributed by atoms with E-state index in [1.165, 1.54) is 6.33 Å². The summed E-state index contributed by atoms with van der Waals surface area (Å²) in [4.78, 5) is 20.3. The van der Waals surface area contributed by atoms with Crippen molar-refractivity contribution in [3.8, 4) is 5.75 Å². The Morgan fingerprint density at radius 1 is 1.33 bits per heavy atom. The van der Waals surface area contributed by atoms with Crippen LogP contribution >= 0.6 is 0 Å². The van der Waals surface area contributed by atoms with Gasteiger partial charge in [0.2, 0.25) is 11.6 Å². The summed E-state index contributed by atoms with van der Waals surface area (Å²) < 4.78 is 5.12. The average Bonchev–Trinajstić information content (AvgIpc) is 2.46. The first-order valence-electron chi connectivity index (χ1n) is 6.10. The maximum absolute atomic E-state index is 11.3. The Balaban J connectivity index is 2.43. The predicted octanol–water partition coefficient (Wildman–Crippen LogP) is 2.20. The van der Waals surface area contributed by atoms with Gasteiger partial charge in [0.05, 0.1) is 12.0 Å². The second kappa shape index (κ2) is 6.04. The molecule has 1 heterocycles. The van der Waals surface area contributed by atoms with Crippen molar-refractivity contribution in [1.29, 1.82) is 0 Å². The van der Waals surface area contributed by atoms with Crippen LogP contribution in [0.5, 0.6) is 5.75 Å². The van der Waals surface area contributed by atoms with E-state index in [0.29, 0.717) is 11.4 Å². The number of aromatic nitrogens is 2. The van der Waals surface area contributed by atoms with Gasteiger partial charge in [0.25, 0.3) is 0 Å². The third-order valence-electron chi connectivity index (χ3n) is 2.74. The number of rotatable bonds is 5. The van der Waals surface area contributed by atoms with Gasteiger partial charge in [0.1, 0.15) is 12.1 Å². The molecule has 0 aliphatic heterocycles. The molecular weight excluding hydrogens is 274 g/mol. The topological polar surface area (TPSA) is 93.4 Å². The summed E-state index contributed by atoms with van der Waals surface area (Å²) in [6, 6.07) is 7.05. The largest absolute Gasteiger partial charge is 0.497 e. The van der Waals surface area contributed by atoms with E-state index in [1.807, 2.05) is 0 Å². The third kappa shape index (κ3) is 3.16. The maximum atomic E-state index is 11.3. The number of benzene rings is 1. The van der Waals surface area contributed by atoms with Crippen molar-refractivity contribution in [1.82, 2.24) is 9.97 Å². The van der Waals surface area contributed by atoms with Gasteiger partial charge in [-0.3, -0.25) is 10.1 Å². The average molecular weight is 289 g/mol. The van der Waals surface area contributed by atoms with Gasteiger partial charge in [-0.1, -0.05) is 6.07 Å². The fourth-order valence-electron chi connectivity index (χ4n) is 1.79. The van der Waals surface area contributed by atoms with E-state index in [0.717, 1.165) is 0 Å². The zero-order valence-electron chi connectivity index (χ0n) is 11.9. The van der Waals surface area contributed by atoms with E-state index in [9.17, 15) is 10.1 Å². The Kier molecular flexibility index (Phi) is 4.17. The van der Waals surface area contributed by atoms with Crippen LogP contribution in [0.4, 0.5) is 23.0 Å². The van der Waals surface area contributed by atoms with Crippen molar-refractivity contribution in [3.05, 3.63) is 40.7 Å². The first-order chi connectivity index (χ1) is 10.0. The molecule has 1 aromatic heterocycles. The van der Waals surface area contributed by atoms with Crippen LogP contribution in [0.25, 0.3) is 0 Å². The van der Waals surface area contributed by atoms with Crippen molar-refractivity contribution in [3.63, 3.8) is 0 Å². The quantitative estimate of drug-likeness (QED) is 0.666. The Morgan fingerprint density at radius 2 is 2.10 bits per heavy atom. The molecule has 1 aromatic carbocycles. The molecule has 110 valence electrons. The molecule has 0 saturated carbocycles. The molecule has 2 aromatic rings. The summed E-state index contributed by atoms with van der Waals surface area (Å²) >= 11 is 0. The SMILES string of the molecule is COc1cccc(Nc2ncnc(N(C)C)c2[N+](=O)[O-])c1. The zero-order valence-corrected chi connectivity index (χ0v) is 11.9. The number of nitrogens with one attached hydrogen (secondary N) is 1. The highest BCUT2D eigenvalue weighted by molar-refractivity contribution is 5.74. The monoisotopic (exact) mass is 289 g/mol. The van der Waals surface area contributed by atoms with E-state index in [2.05, 4.69) is 15.3 Å². The van der Waals surface area contributed by atoms with Crippen molar-refractivity contribution >= 4 is 23.0 Å². The third-order valence-corrected chi connectivity index (χ3v) is 2.74. The van der Waals surface area contributed by atoms with Crippen LogP contribution in [-0.2, 0) is 0 Å². The number of hydrogen-bond acceptors (Lipinski definition) is 7. The van der Waals surface area contributed by atoms with Gasteiger partial charge in [-0.2, -0.15) is 0 Å². The molecule has 0 saturated heterocycles. The molecule has 0 atom stereocenters. The number of anilines is 3. The van der Waals surface area contributed by atoms with Gasteiger partial charge in [-0.15, -0.1) is 0 Å². The fourth-order valence-corrected chi connectivity index (χ4v) is 1.79. The first kappa shape index (κ1) is 14.5. The molecule has 2 rings (SSSR count). The highest BCUT2D eigenvalue weighted by atomic mass is 16.6. The van der Waals surface area contributed by atoms with Crippen LogP contribution < -0.4 is 15.0 Å². The summed E-state index contributed by atoms with van der Waals surface area (Å²) in [5, 5.41) is 14.2. The highest BCUT2D eigenvalue weighted by Gasteiger charge is 2.24. The normalized spacial score (nSPS) is 10.0. The Hall–Kier alpha value is -2.90. The number of ether oxygens (including phenoxy) is 1. The predicted molar refractivity (Wildman–Crippen MR) is 79.3 cm³/mol. The van der Waals surface area contributed by atoms with Crippen molar-refractivity contribution in [2.45, 2.75) is 0 Å². The summed E-state index contributed by atoms with van der Waals surface area (Å²) in [5.74, 6) is 1.01. The van der Waals surface area contributed by atoms with Gasteiger partial charge in [-0.25, -0.2) is 9.97 Å². The Morgan fingerprint density at radius 3 is 2.71 bits per heavy atom. The van der Waals surface area contributed by atoms with Crippen LogP contribution in [0.3, 0.4) is 0 Å². The second-order valence-corrected chi connectivity index (χ2v) is 4.40. The van der Waals surface area contributed by atoms with Crippen LogP contribution in [0.1, 0.15) is 0 Å². The summed E-state index contributed by atoms with van der Waals surface area (Å²) in [5.41, 5.74) is 0.464. The first-order valence-corrected chi connectivity index (χ1v) is 6.10. The molecule has 0 fully saturated rings. The maximum Gasteiger partial charge on any atom is 0.353 e. The second-order valence-electron chi connectivity index (χ2n) is 4.40. The smallest absolute Gasteiger partial charge is 0.353 e. The lowest BCUT2D eigenvalue weighted by Crippen LogP contribution is -2.14. The van der Waals surface area contributed by atoms with Gasteiger partial charge < -0.3 is 15.0 Å². The molecule has 0 amide bonds. The van der Waals surface area contributed by atoms with Crippen molar-refractivity contribution in [2.75, 3.05) is 31.4 Å². The lowest BCUT2D eigenvalue weighted by Gasteiger charge is -2.13. The molecule has 8 heteroatoms. The lowest BCUT2D eigenvalue weighted by atomic mass is 10.3. The van der Waals surface area contributed by atoms with E-state index in [-0.39, 0.29) is 17.3 Å². The number of nitro groups is 1. The van der Waals surface area contributed by atoms with Crippen LogP contribution in [0.15, 0.2) is 30.6 Å². The van der Waals surface area contributed by atoms with Gasteiger partial charge in [-0.05, 0) is 12.1 Å². The molecular formula is C13H15N5O3. The van der Waals surface area contributed by atoms with Crippen molar-refractivity contribution in [2.24, 2.45) is 0 Å². The standard InChI is InChI=1S/C13H15N5O3/c1-17(2)13-11(18(19)20)12(14-8-15-13)16-9-5-4-6-10(7-9)21-3/h4-8H,1-3H3,(H,14,15,16). The van der Waals surface area contributed by atoms with E-state index in [4.69, 9.17) is 4.74 Å². The van der Waals surface area contributed by atoms with Gasteiger partial charge >= 0.3 is 5.69 Å². The fraction of sp³-hybridized carbons (Fsp3) is 0.231. The minimum absolute atomic E-state index is 0.131. The van der Waals surface area contributed by atoms with E-state index >= 15 is 0 Å². The molecule has 0 radical (unpaired) electrons. The summed E-state index contributed by atoms with van der Waals surface area (Å²) in [6.07, 6.45) is 1.28. The van der Waals surface area contributed by atoms with Gasteiger partial charge in [0.15, 0.2) is 0 Å². The van der Waals surface area contributed by atoms with E-state index in [1.54, 1.807) is 50.4 Å². The lowest BCUT2D eigenvalue weighted by molar-refractivity contribution is -0.383. The molecule has 1 N–H and O–H groups in total. The molecule has 0 aliphatic rings. The number of hydrogen-bond donors (Lipinski definition) is 1. The Labute approximate surface area is 121 Å². The van der Waals surface area contributed by atoms with Crippen molar-refractivity contribution < 1.29 is 9.66 Å². The zero-order chi connectivity index (χ0) is 15.4. The summed E-state index contributed by atoms with van der Waals surface area (Å²) in [7, 11) is 4.92. The molecule has 0 aliphatic carbocycles. The Bertz CT molecular complexity index is 660. The molecule has 0 bridgehead atoms.